The van der Waals surface area contributed by atoms with Crippen LogP contribution in [-0.4, -0.2) is 23.9 Å². The molecule has 0 amide bonds. The molecule has 0 saturated carbocycles. The van der Waals surface area contributed by atoms with Gasteiger partial charge in [0.2, 0.25) is 0 Å². The number of alkyl halides is 3. The SMILES string of the molecule is NC(NSc1ccc(OC(F)(F)F)cc1)=[NH+]CCc1c[nH]c2ccccc12. The zero-order valence-corrected chi connectivity index (χ0v) is 15.0. The van der Waals surface area contributed by atoms with E-state index in [1.54, 1.807) is 0 Å². The van der Waals surface area contributed by atoms with Crippen LogP contribution in [0.15, 0.2) is 59.6 Å². The number of nitrogens with one attached hydrogen (secondary N) is 3. The summed E-state index contributed by atoms with van der Waals surface area (Å²) in [4.78, 5) is 7.00. The molecule has 27 heavy (non-hydrogen) atoms. The van der Waals surface area contributed by atoms with E-state index < -0.39 is 6.36 Å². The molecule has 3 aromatic rings. The lowest BCUT2D eigenvalue weighted by molar-refractivity contribution is -0.458. The number of rotatable bonds is 6. The second kappa shape index (κ2) is 8.26. The van der Waals surface area contributed by atoms with E-state index in [0.717, 1.165) is 11.9 Å². The fourth-order valence-electron chi connectivity index (χ4n) is 2.53. The van der Waals surface area contributed by atoms with Crippen LogP contribution in [0.5, 0.6) is 5.75 Å². The first-order chi connectivity index (χ1) is 12.9. The molecule has 142 valence electrons. The first-order valence-electron chi connectivity index (χ1n) is 8.11. The van der Waals surface area contributed by atoms with Crippen molar-refractivity contribution in [1.29, 1.82) is 0 Å². The summed E-state index contributed by atoms with van der Waals surface area (Å²) in [6, 6.07) is 13.6. The molecule has 0 aliphatic rings. The zero-order valence-electron chi connectivity index (χ0n) is 14.1. The minimum Gasteiger partial charge on any atom is -0.406 e. The minimum atomic E-state index is -4.69. The quantitative estimate of drug-likeness (QED) is 0.294. The molecule has 5 N–H and O–H groups in total. The third-order valence-corrected chi connectivity index (χ3v) is 4.55. The van der Waals surface area contributed by atoms with Gasteiger partial charge in [-0.05, 0) is 35.9 Å². The molecule has 0 atom stereocenters. The smallest absolute Gasteiger partial charge is 0.406 e. The monoisotopic (exact) mass is 395 g/mol. The zero-order chi connectivity index (χ0) is 19.3. The van der Waals surface area contributed by atoms with Crippen LogP contribution in [0.2, 0.25) is 0 Å². The first-order valence-corrected chi connectivity index (χ1v) is 8.92. The summed E-state index contributed by atoms with van der Waals surface area (Å²) in [5, 5.41) is 1.18. The van der Waals surface area contributed by atoms with E-state index in [4.69, 9.17) is 5.73 Å². The number of aromatic nitrogens is 1. The number of hydrogen-bond acceptors (Lipinski definition) is 2. The second-order valence-electron chi connectivity index (χ2n) is 5.67. The lowest BCUT2D eigenvalue weighted by Gasteiger charge is -2.08. The Labute approximate surface area is 157 Å². The third-order valence-electron chi connectivity index (χ3n) is 3.72. The summed E-state index contributed by atoms with van der Waals surface area (Å²) in [7, 11) is 0. The van der Waals surface area contributed by atoms with Crippen molar-refractivity contribution in [1.82, 2.24) is 9.71 Å². The third kappa shape index (κ3) is 5.58. The number of para-hydroxylation sites is 1. The van der Waals surface area contributed by atoms with Gasteiger partial charge in [-0.15, -0.1) is 13.2 Å². The Balaban J connectivity index is 1.48. The van der Waals surface area contributed by atoms with Crippen LogP contribution in [0.4, 0.5) is 13.2 Å². The molecule has 0 saturated heterocycles. The maximum Gasteiger partial charge on any atom is 0.573 e. The molecule has 0 fully saturated rings. The van der Waals surface area contributed by atoms with Gasteiger partial charge < -0.3 is 9.72 Å². The van der Waals surface area contributed by atoms with Gasteiger partial charge in [-0.25, -0.2) is 4.72 Å². The van der Waals surface area contributed by atoms with E-state index in [9.17, 15) is 13.2 Å². The number of guanidine groups is 1. The highest BCUT2D eigenvalue weighted by Crippen LogP contribution is 2.24. The molecule has 3 rings (SSSR count). The number of halogens is 3. The molecule has 0 bridgehead atoms. The van der Waals surface area contributed by atoms with Gasteiger partial charge in [-0.2, -0.15) is 0 Å². The van der Waals surface area contributed by atoms with Crippen LogP contribution >= 0.6 is 11.9 Å². The molecule has 0 aliphatic heterocycles. The molecule has 2 aromatic carbocycles. The van der Waals surface area contributed by atoms with E-state index in [1.807, 2.05) is 24.4 Å². The first kappa shape index (κ1) is 19.0. The van der Waals surface area contributed by atoms with Crippen molar-refractivity contribution in [3.8, 4) is 5.75 Å². The number of ether oxygens (including phenoxy) is 1. The van der Waals surface area contributed by atoms with Gasteiger partial charge in [-0.3, -0.25) is 10.7 Å². The van der Waals surface area contributed by atoms with E-state index in [-0.39, 0.29) is 5.75 Å². The molecule has 5 nitrogen and oxygen atoms in total. The predicted molar refractivity (Wildman–Crippen MR) is 99.1 cm³/mol. The van der Waals surface area contributed by atoms with Crippen molar-refractivity contribution < 1.29 is 22.9 Å². The van der Waals surface area contributed by atoms with Crippen LogP contribution in [0.3, 0.4) is 0 Å². The number of nitrogens with two attached hydrogens (primary N) is 1. The van der Waals surface area contributed by atoms with Gasteiger partial charge in [0, 0.05) is 28.4 Å². The summed E-state index contributed by atoms with van der Waals surface area (Å²) in [5.41, 5.74) is 8.17. The number of H-pyrrole nitrogens is 1. The summed E-state index contributed by atoms with van der Waals surface area (Å²) >= 11 is 1.19. The Morgan fingerprint density at radius 2 is 1.89 bits per heavy atom. The van der Waals surface area contributed by atoms with Gasteiger partial charge in [0.1, 0.15) is 5.75 Å². The summed E-state index contributed by atoms with van der Waals surface area (Å²) in [5.74, 6) is 0.108. The molecule has 0 spiro atoms. The lowest BCUT2D eigenvalue weighted by Crippen LogP contribution is -2.78. The van der Waals surface area contributed by atoms with Crippen molar-refractivity contribution in [3.63, 3.8) is 0 Å². The van der Waals surface area contributed by atoms with E-state index in [1.165, 1.54) is 47.2 Å². The molecule has 1 heterocycles. The van der Waals surface area contributed by atoms with Crippen molar-refractivity contribution in [2.75, 3.05) is 6.54 Å². The summed E-state index contributed by atoms with van der Waals surface area (Å²) in [6.07, 6.45) is -1.92. The maximum absolute atomic E-state index is 12.1. The minimum absolute atomic E-state index is 0.263. The van der Waals surface area contributed by atoms with Crippen molar-refractivity contribution in [2.45, 2.75) is 17.7 Å². The maximum atomic E-state index is 12.1. The molecule has 0 aliphatic carbocycles. The Morgan fingerprint density at radius 1 is 1.15 bits per heavy atom. The second-order valence-corrected chi connectivity index (χ2v) is 6.55. The fraction of sp³-hybridized carbons (Fsp3) is 0.167. The van der Waals surface area contributed by atoms with Gasteiger partial charge >= 0.3 is 12.3 Å². The Bertz CT molecular complexity index is 922. The van der Waals surface area contributed by atoms with Crippen LogP contribution in [0, 0.1) is 0 Å². The number of hydrogen-bond donors (Lipinski definition) is 4. The number of fused-ring (bicyclic) bond motifs is 1. The lowest BCUT2D eigenvalue weighted by atomic mass is 10.1. The summed E-state index contributed by atoms with van der Waals surface area (Å²) in [6.45, 7) is 0.638. The average molecular weight is 395 g/mol. The molecule has 0 unspecified atom stereocenters. The topological polar surface area (TPSA) is 77.0 Å². The highest BCUT2D eigenvalue weighted by atomic mass is 32.2. The van der Waals surface area contributed by atoms with Gasteiger partial charge in [0.25, 0.3) is 0 Å². The van der Waals surface area contributed by atoms with Crippen molar-refractivity contribution in [2.24, 2.45) is 5.73 Å². The molecular formula is C18H18F3N4OS+. The normalized spacial score (nSPS) is 12.3. The Morgan fingerprint density at radius 3 is 2.63 bits per heavy atom. The van der Waals surface area contributed by atoms with Crippen LogP contribution < -0.4 is 20.2 Å². The molecule has 1 aromatic heterocycles. The van der Waals surface area contributed by atoms with E-state index in [0.29, 0.717) is 17.4 Å². The van der Waals surface area contributed by atoms with Gasteiger partial charge in [0.15, 0.2) is 0 Å². The standard InChI is InChI=1S/C18H17F3N4OS/c19-18(20,21)26-13-5-7-14(8-6-13)27-25-17(22)23-10-9-12-11-24-16-4-2-1-3-15(12)16/h1-8,11,24H,9-10H2,(H3,22,23,25)/p+1. The van der Waals surface area contributed by atoms with Crippen LogP contribution in [-0.2, 0) is 6.42 Å². The number of benzene rings is 2. The van der Waals surface area contributed by atoms with Crippen LogP contribution in [0.25, 0.3) is 10.9 Å². The van der Waals surface area contributed by atoms with Crippen molar-refractivity contribution in [3.05, 3.63) is 60.3 Å². The number of aromatic amines is 1. The molecule has 0 radical (unpaired) electrons. The summed E-state index contributed by atoms with van der Waals surface area (Å²) < 4.78 is 43.1. The van der Waals surface area contributed by atoms with E-state index in [2.05, 4.69) is 25.5 Å². The van der Waals surface area contributed by atoms with Gasteiger partial charge in [-0.1, -0.05) is 18.2 Å². The van der Waals surface area contributed by atoms with Crippen LogP contribution in [0.1, 0.15) is 5.56 Å². The van der Waals surface area contributed by atoms with Gasteiger partial charge in [0.05, 0.1) is 18.5 Å². The Kier molecular flexibility index (Phi) is 5.80. The van der Waals surface area contributed by atoms with E-state index >= 15 is 0 Å². The van der Waals surface area contributed by atoms with Crippen molar-refractivity contribution >= 4 is 28.8 Å². The highest BCUT2D eigenvalue weighted by molar-refractivity contribution is 7.98. The predicted octanol–water partition coefficient (Wildman–Crippen LogP) is 2.30. The molecular weight excluding hydrogens is 377 g/mol. The largest absolute Gasteiger partial charge is 0.573 e. The molecule has 9 heteroatoms. The average Bonchev–Trinajstić information content (AvgIpc) is 3.03. The highest BCUT2D eigenvalue weighted by Gasteiger charge is 2.30. The fourth-order valence-corrected chi connectivity index (χ4v) is 3.10. The Hall–Kier alpha value is -2.81.